The number of amides is 1. The molecule has 0 fully saturated rings. The van der Waals surface area contributed by atoms with E-state index in [9.17, 15) is 14.0 Å². The molecular formula is C33H42F2N4O5SSi. The molecule has 0 radical (unpaired) electrons. The third kappa shape index (κ3) is 7.06. The summed E-state index contributed by atoms with van der Waals surface area (Å²) in [6.07, 6.45) is 0.114. The summed E-state index contributed by atoms with van der Waals surface area (Å²) in [7, 11) is -2.06. The van der Waals surface area contributed by atoms with Crippen molar-refractivity contribution >= 4 is 35.8 Å². The third-order valence-electron chi connectivity index (χ3n) is 8.49. The first kappa shape index (κ1) is 33.8. The molecule has 1 aliphatic heterocycles. The lowest BCUT2D eigenvalue weighted by molar-refractivity contribution is 0.0253. The van der Waals surface area contributed by atoms with Crippen LogP contribution in [0.2, 0.25) is 18.1 Å². The number of halogens is 2. The van der Waals surface area contributed by atoms with Crippen LogP contribution in [-0.2, 0) is 22.1 Å². The topological polar surface area (TPSA) is 98.7 Å². The van der Waals surface area contributed by atoms with Crippen LogP contribution in [0.15, 0.2) is 34.4 Å². The summed E-state index contributed by atoms with van der Waals surface area (Å²) in [5.74, 6) is -1.59. The Balaban J connectivity index is 1.51. The van der Waals surface area contributed by atoms with Crippen molar-refractivity contribution in [2.75, 3.05) is 26.3 Å². The number of aromatic amines is 1. The molecule has 0 saturated carbocycles. The Labute approximate surface area is 272 Å². The minimum Gasteiger partial charge on any atom is -0.490 e. The molecule has 1 aliphatic rings. The highest BCUT2D eigenvalue weighted by atomic mass is 32.1. The molecule has 3 aromatic heterocycles. The van der Waals surface area contributed by atoms with E-state index in [-0.39, 0.29) is 41.2 Å². The van der Waals surface area contributed by atoms with Gasteiger partial charge < -0.3 is 23.8 Å². The van der Waals surface area contributed by atoms with Crippen molar-refractivity contribution in [3.8, 4) is 28.3 Å². The second kappa shape index (κ2) is 12.6. The minimum absolute atomic E-state index is 0.00450. The average Bonchev–Trinajstić information content (AvgIpc) is 3.53. The van der Waals surface area contributed by atoms with Crippen molar-refractivity contribution < 1.29 is 27.5 Å². The van der Waals surface area contributed by atoms with Crippen LogP contribution in [0.4, 0.5) is 13.6 Å². The number of hydrogen-bond donors (Lipinski definition) is 1. The van der Waals surface area contributed by atoms with Crippen molar-refractivity contribution in [3.63, 3.8) is 0 Å². The van der Waals surface area contributed by atoms with E-state index in [0.717, 1.165) is 17.8 Å². The fourth-order valence-corrected chi connectivity index (χ4v) is 7.08. The second-order valence-corrected chi connectivity index (χ2v) is 19.8. The number of rotatable bonds is 7. The van der Waals surface area contributed by atoms with Crippen molar-refractivity contribution in [1.82, 2.24) is 19.7 Å². The van der Waals surface area contributed by atoms with Crippen LogP contribution in [-0.4, -0.2) is 66.0 Å². The molecule has 0 aliphatic carbocycles. The van der Waals surface area contributed by atoms with E-state index in [1.165, 1.54) is 11.3 Å². The number of thiophene rings is 1. The van der Waals surface area contributed by atoms with Crippen molar-refractivity contribution in [2.45, 2.75) is 78.2 Å². The summed E-state index contributed by atoms with van der Waals surface area (Å²) < 4.78 is 50.7. The van der Waals surface area contributed by atoms with Gasteiger partial charge in [-0.15, -0.1) is 11.3 Å². The van der Waals surface area contributed by atoms with Gasteiger partial charge in [0, 0.05) is 42.9 Å². The molecule has 0 bridgehead atoms. The molecule has 0 unspecified atom stereocenters. The number of pyridine rings is 1. The molecule has 1 amide bonds. The Morgan fingerprint density at radius 2 is 1.78 bits per heavy atom. The highest BCUT2D eigenvalue weighted by Crippen LogP contribution is 2.44. The lowest BCUT2D eigenvalue weighted by Gasteiger charge is -2.36. The maximum atomic E-state index is 15.9. The van der Waals surface area contributed by atoms with E-state index < -0.39 is 25.6 Å². The molecule has 4 aromatic rings. The fraction of sp³-hybridized carbons (Fsp3) is 0.485. The van der Waals surface area contributed by atoms with Crippen LogP contribution in [0, 0.1) is 11.6 Å². The molecular weight excluding hydrogens is 631 g/mol. The summed E-state index contributed by atoms with van der Waals surface area (Å²) in [4.78, 5) is 30.5. The van der Waals surface area contributed by atoms with Gasteiger partial charge in [-0.05, 0) is 56.4 Å². The summed E-state index contributed by atoms with van der Waals surface area (Å²) in [6, 6.07) is 5.49. The van der Waals surface area contributed by atoms with Crippen LogP contribution in [0.3, 0.4) is 0 Å². The zero-order valence-corrected chi connectivity index (χ0v) is 29.5. The summed E-state index contributed by atoms with van der Waals surface area (Å²) >= 11 is 1.29. The SMILES string of the molecule is CC(C)(C)OC(=O)N1CCc2cc(-c3[nH]c(=O)c4ccsc4c3-c3c(F)cc(F)cc3OCCO[Si](C)(C)C(C)(C)C)nn2CC1. The molecule has 9 nitrogen and oxygen atoms in total. The molecule has 1 aromatic carbocycles. The summed E-state index contributed by atoms with van der Waals surface area (Å²) in [5.41, 5.74) is 1.03. The van der Waals surface area contributed by atoms with Crippen LogP contribution >= 0.6 is 11.3 Å². The molecule has 13 heteroatoms. The Morgan fingerprint density at radius 3 is 2.48 bits per heavy atom. The lowest BCUT2D eigenvalue weighted by Crippen LogP contribution is -2.41. The van der Waals surface area contributed by atoms with Gasteiger partial charge in [0.05, 0.1) is 34.5 Å². The van der Waals surface area contributed by atoms with Gasteiger partial charge in [-0.3, -0.25) is 9.48 Å². The lowest BCUT2D eigenvalue weighted by atomic mass is 9.99. The first-order valence-electron chi connectivity index (χ1n) is 15.4. The van der Waals surface area contributed by atoms with Crippen molar-refractivity contribution in [3.05, 3.63) is 57.3 Å². The Morgan fingerprint density at radius 1 is 1.04 bits per heavy atom. The molecule has 248 valence electrons. The summed E-state index contributed by atoms with van der Waals surface area (Å²) in [5, 5.41) is 6.93. The average molecular weight is 673 g/mol. The second-order valence-electron chi connectivity index (χ2n) is 14.0. The molecule has 4 heterocycles. The maximum Gasteiger partial charge on any atom is 0.410 e. The van der Waals surface area contributed by atoms with Gasteiger partial charge in [0.2, 0.25) is 0 Å². The molecule has 46 heavy (non-hydrogen) atoms. The van der Waals surface area contributed by atoms with Gasteiger partial charge in [-0.1, -0.05) is 20.8 Å². The van der Waals surface area contributed by atoms with Gasteiger partial charge in [0.25, 0.3) is 5.56 Å². The largest absolute Gasteiger partial charge is 0.490 e. The van der Waals surface area contributed by atoms with E-state index in [1.54, 1.807) is 21.0 Å². The van der Waals surface area contributed by atoms with Gasteiger partial charge in [-0.25, -0.2) is 13.6 Å². The molecule has 0 saturated heterocycles. The number of H-pyrrole nitrogens is 1. The van der Waals surface area contributed by atoms with Crippen LogP contribution in [0.25, 0.3) is 32.6 Å². The first-order chi connectivity index (χ1) is 21.4. The van der Waals surface area contributed by atoms with Crippen molar-refractivity contribution in [1.29, 1.82) is 0 Å². The first-order valence-corrected chi connectivity index (χ1v) is 19.2. The number of nitrogens with one attached hydrogen (secondary N) is 1. The van der Waals surface area contributed by atoms with E-state index >= 15 is 4.39 Å². The smallest absolute Gasteiger partial charge is 0.410 e. The van der Waals surface area contributed by atoms with Gasteiger partial charge in [0.15, 0.2) is 8.32 Å². The standard InChI is InChI=1S/C33H42F2N4O5SSi/c1-32(2,3)44-31(41)38-11-9-21-19-24(37-39(21)13-12-38)28-27(29-22(10-16-45-29)30(40)36-28)26-23(35)17-20(34)18-25(26)42-14-15-43-46(7,8)33(4,5)6/h10,16-19H,9,11-15H2,1-8H3,(H,36,40). The van der Waals surface area contributed by atoms with Crippen LogP contribution < -0.4 is 10.3 Å². The van der Waals surface area contributed by atoms with Crippen molar-refractivity contribution in [2.24, 2.45) is 0 Å². The zero-order valence-electron chi connectivity index (χ0n) is 27.7. The molecule has 0 spiro atoms. The number of carbonyl (C=O) groups excluding carboxylic acids is 1. The number of carbonyl (C=O) groups is 1. The predicted octanol–water partition coefficient (Wildman–Crippen LogP) is 7.59. The minimum atomic E-state index is -2.06. The Bertz CT molecular complexity index is 1790. The van der Waals surface area contributed by atoms with E-state index in [0.29, 0.717) is 53.1 Å². The number of fused-ring (bicyclic) bond motifs is 2. The zero-order chi connectivity index (χ0) is 33.6. The number of hydrogen-bond acceptors (Lipinski definition) is 7. The van der Waals surface area contributed by atoms with Gasteiger partial charge >= 0.3 is 6.09 Å². The highest BCUT2D eigenvalue weighted by Gasteiger charge is 2.37. The quantitative estimate of drug-likeness (QED) is 0.161. The molecule has 1 N–H and O–H groups in total. The number of ether oxygens (including phenoxy) is 2. The van der Waals surface area contributed by atoms with Gasteiger partial charge in [0.1, 0.15) is 35.3 Å². The molecule has 0 atom stereocenters. The summed E-state index contributed by atoms with van der Waals surface area (Å²) in [6.45, 7) is 17.7. The van der Waals surface area contributed by atoms with Crippen LogP contribution in [0.5, 0.6) is 5.75 Å². The van der Waals surface area contributed by atoms with E-state index in [4.69, 9.17) is 19.0 Å². The van der Waals surface area contributed by atoms with Gasteiger partial charge in [-0.2, -0.15) is 5.10 Å². The third-order valence-corrected chi connectivity index (χ3v) is 14.0. The maximum absolute atomic E-state index is 15.9. The predicted molar refractivity (Wildman–Crippen MR) is 179 cm³/mol. The normalized spacial score (nSPS) is 14.3. The van der Waals surface area contributed by atoms with Crippen LogP contribution in [0.1, 0.15) is 47.2 Å². The number of aromatic nitrogens is 3. The Hall–Kier alpha value is -3.55. The van der Waals surface area contributed by atoms with E-state index in [2.05, 4.69) is 38.8 Å². The van der Waals surface area contributed by atoms with E-state index in [1.807, 2.05) is 26.8 Å². The number of benzene rings is 1. The fourth-order valence-electron chi connectivity index (χ4n) is 5.10. The number of nitrogens with zero attached hydrogens (tertiary/aromatic N) is 3. The molecule has 5 rings (SSSR count). The highest BCUT2D eigenvalue weighted by molar-refractivity contribution is 7.17. The monoisotopic (exact) mass is 672 g/mol. The Kier molecular flexibility index (Phi) is 9.24.